The highest BCUT2D eigenvalue weighted by atomic mass is 35.5. The molecule has 2 unspecified atom stereocenters. The molecule has 1 aliphatic heterocycles. The van der Waals surface area contributed by atoms with Crippen LogP contribution in [0.1, 0.15) is 44.7 Å². The number of amides is 1. The van der Waals surface area contributed by atoms with Gasteiger partial charge in [0.2, 0.25) is 5.91 Å². The minimum Gasteiger partial charge on any atom is -0.376 e. The zero-order valence-corrected chi connectivity index (χ0v) is 16.4. The van der Waals surface area contributed by atoms with Crippen molar-refractivity contribution < 1.29 is 9.53 Å². The van der Waals surface area contributed by atoms with Gasteiger partial charge < -0.3 is 15.8 Å². The molecule has 0 aromatic heterocycles. The van der Waals surface area contributed by atoms with Gasteiger partial charge in [-0.1, -0.05) is 37.6 Å². The summed E-state index contributed by atoms with van der Waals surface area (Å²) in [7, 11) is 0. The zero-order chi connectivity index (χ0) is 17.6. The molecule has 25 heavy (non-hydrogen) atoms. The molecule has 3 N–H and O–H groups in total. The van der Waals surface area contributed by atoms with E-state index in [1.165, 1.54) is 5.56 Å². The number of rotatable bonds is 7. The molecule has 0 aliphatic carbocycles. The highest BCUT2D eigenvalue weighted by molar-refractivity contribution is 5.85. The Morgan fingerprint density at radius 3 is 2.84 bits per heavy atom. The lowest BCUT2D eigenvalue weighted by Crippen LogP contribution is -2.51. The van der Waals surface area contributed by atoms with Gasteiger partial charge in [0.1, 0.15) is 0 Å². The minimum atomic E-state index is -0.795. The number of nitrogens with two attached hydrogens (primary N) is 1. The number of ether oxygens (including phenoxy) is 1. The number of carbonyl (C=O) groups excluding carboxylic acids is 1. The summed E-state index contributed by atoms with van der Waals surface area (Å²) < 4.78 is 5.59. The average molecular weight is 370 g/mol. The largest absolute Gasteiger partial charge is 0.376 e. The Balaban J connectivity index is 0.00000312. The Bertz CT molecular complexity index is 551. The fourth-order valence-electron chi connectivity index (χ4n) is 3.15. The second-order valence-corrected chi connectivity index (χ2v) is 7.09. The van der Waals surface area contributed by atoms with Gasteiger partial charge >= 0.3 is 0 Å². The van der Waals surface area contributed by atoms with Crippen molar-refractivity contribution in [3.63, 3.8) is 0 Å². The molecule has 1 saturated heterocycles. The maximum atomic E-state index is 12.2. The van der Waals surface area contributed by atoms with Gasteiger partial charge in [0.25, 0.3) is 0 Å². The maximum absolute atomic E-state index is 12.2. The van der Waals surface area contributed by atoms with Crippen molar-refractivity contribution in [3.05, 3.63) is 35.4 Å². The van der Waals surface area contributed by atoms with Crippen LogP contribution in [0.2, 0.25) is 0 Å². The van der Waals surface area contributed by atoms with Gasteiger partial charge in [-0.2, -0.15) is 0 Å². The van der Waals surface area contributed by atoms with Gasteiger partial charge in [0.15, 0.2) is 0 Å². The van der Waals surface area contributed by atoms with E-state index in [2.05, 4.69) is 29.3 Å². The first-order valence-electron chi connectivity index (χ1n) is 8.89. The topological polar surface area (TPSA) is 67.6 Å². The second-order valence-electron chi connectivity index (χ2n) is 7.09. The van der Waals surface area contributed by atoms with Crippen LogP contribution in [-0.2, 0) is 22.6 Å². The normalized spacial score (nSPS) is 20.4. The van der Waals surface area contributed by atoms with Gasteiger partial charge in [-0.3, -0.25) is 9.69 Å². The molecule has 0 spiro atoms. The molecule has 1 aromatic carbocycles. The first-order chi connectivity index (χ1) is 11.4. The number of hydrogen-bond acceptors (Lipinski definition) is 4. The quantitative estimate of drug-likeness (QED) is 0.774. The predicted octanol–water partition coefficient (Wildman–Crippen LogP) is 2.46. The van der Waals surface area contributed by atoms with Gasteiger partial charge in [0.05, 0.1) is 18.2 Å². The Hall–Kier alpha value is -1.14. The Kier molecular flexibility index (Phi) is 8.86. The summed E-state index contributed by atoms with van der Waals surface area (Å²) in [5.74, 6) is -0.0863. The highest BCUT2D eigenvalue weighted by Crippen LogP contribution is 2.13. The molecule has 6 heteroatoms. The van der Waals surface area contributed by atoms with Crippen molar-refractivity contribution in [1.82, 2.24) is 10.2 Å². The van der Waals surface area contributed by atoms with Crippen molar-refractivity contribution in [2.24, 2.45) is 5.73 Å². The summed E-state index contributed by atoms with van der Waals surface area (Å²) in [6, 6.07) is 8.39. The van der Waals surface area contributed by atoms with Gasteiger partial charge in [0, 0.05) is 26.2 Å². The second kappa shape index (κ2) is 10.1. The number of nitrogens with one attached hydrogen (secondary N) is 1. The molecule has 0 saturated carbocycles. The van der Waals surface area contributed by atoms with Crippen LogP contribution in [0.4, 0.5) is 0 Å². The van der Waals surface area contributed by atoms with E-state index in [0.717, 1.165) is 38.2 Å². The van der Waals surface area contributed by atoms with E-state index in [4.69, 9.17) is 10.5 Å². The Labute approximate surface area is 157 Å². The number of nitrogens with zero attached hydrogens (tertiary/aromatic N) is 1. The molecule has 0 radical (unpaired) electrons. The van der Waals surface area contributed by atoms with E-state index < -0.39 is 5.54 Å². The molecule has 1 fully saturated rings. The van der Waals surface area contributed by atoms with Crippen molar-refractivity contribution in [1.29, 1.82) is 0 Å². The number of halogens is 1. The van der Waals surface area contributed by atoms with Crippen LogP contribution < -0.4 is 11.1 Å². The Morgan fingerprint density at radius 2 is 2.16 bits per heavy atom. The van der Waals surface area contributed by atoms with Gasteiger partial charge in [-0.05, 0) is 31.4 Å². The van der Waals surface area contributed by atoms with Crippen LogP contribution in [0.3, 0.4) is 0 Å². The molecule has 1 heterocycles. The number of morpholine rings is 1. The van der Waals surface area contributed by atoms with E-state index in [1.54, 1.807) is 6.92 Å². The molecule has 0 bridgehead atoms. The third kappa shape index (κ3) is 6.94. The summed E-state index contributed by atoms with van der Waals surface area (Å²) in [4.78, 5) is 14.6. The van der Waals surface area contributed by atoms with E-state index in [0.29, 0.717) is 19.1 Å². The van der Waals surface area contributed by atoms with Crippen molar-refractivity contribution in [3.8, 4) is 0 Å². The lowest BCUT2D eigenvalue weighted by Gasteiger charge is -2.31. The lowest BCUT2D eigenvalue weighted by molar-refractivity contribution is -0.126. The van der Waals surface area contributed by atoms with Crippen molar-refractivity contribution in [2.45, 2.75) is 58.3 Å². The highest BCUT2D eigenvalue weighted by Gasteiger charge is 2.26. The molecule has 1 amide bonds. The molecule has 142 valence electrons. The molecular formula is C19H32ClN3O2. The lowest BCUT2D eigenvalue weighted by atomic mass is 9.96. The molecule has 1 aromatic rings. The fourth-order valence-corrected chi connectivity index (χ4v) is 3.15. The average Bonchev–Trinajstić information content (AvgIpc) is 2.53. The molecule has 5 nitrogen and oxygen atoms in total. The first kappa shape index (κ1) is 21.9. The number of hydrogen-bond donors (Lipinski definition) is 2. The number of carbonyl (C=O) groups is 1. The SMILES string of the molecule is CCCC(C)(N)C(=O)NCc1cccc(CN2CCOC(C)C2)c1.Cl. The van der Waals surface area contributed by atoms with Crippen LogP contribution in [0.25, 0.3) is 0 Å². The van der Waals surface area contributed by atoms with E-state index in [9.17, 15) is 4.79 Å². The van der Waals surface area contributed by atoms with Crippen LogP contribution >= 0.6 is 12.4 Å². The van der Waals surface area contributed by atoms with Crippen LogP contribution in [0, 0.1) is 0 Å². The van der Waals surface area contributed by atoms with Crippen LogP contribution in [-0.4, -0.2) is 42.1 Å². The fraction of sp³-hybridized carbons (Fsp3) is 0.632. The van der Waals surface area contributed by atoms with Crippen molar-refractivity contribution in [2.75, 3.05) is 19.7 Å². The molecule has 2 atom stereocenters. The first-order valence-corrected chi connectivity index (χ1v) is 8.89. The monoisotopic (exact) mass is 369 g/mol. The summed E-state index contributed by atoms with van der Waals surface area (Å²) >= 11 is 0. The minimum absolute atomic E-state index is 0. The van der Waals surface area contributed by atoms with Gasteiger partial charge in [-0.25, -0.2) is 0 Å². The summed E-state index contributed by atoms with van der Waals surface area (Å²) in [6.45, 7) is 10.1. The van der Waals surface area contributed by atoms with Crippen LogP contribution in [0.15, 0.2) is 24.3 Å². The summed E-state index contributed by atoms with van der Waals surface area (Å²) in [5, 5.41) is 2.96. The standard InChI is InChI=1S/C19H31N3O2.ClH/c1-4-8-19(3,20)18(23)21-12-16-6-5-7-17(11-16)14-22-9-10-24-15(2)13-22;/h5-7,11,15H,4,8-10,12-14,20H2,1-3H3,(H,21,23);1H. The van der Waals surface area contributed by atoms with E-state index >= 15 is 0 Å². The van der Waals surface area contributed by atoms with E-state index in [-0.39, 0.29) is 18.3 Å². The van der Waals surface area contributed by atoms with Crippen molar-refractivity contribution >= 4 is 18.3 Å². The smallest absolute Gasteiger partial charge is 0.240 e. The predicted molar refractivity (Wildman–Crippen MR) is 104 cm³/mol. The number of benzene rings is 1. The molecular weight excluding hydrogens is 338 g/mol. The molecule has 2 rings (SSSR count). The molecule has 1 aliphatic rings. The summed E-state index contributed by atoms with van der Waals surface area (Å²) in [5.41, 5.74) is 7.65. The third-order valence-electron chi connectivity index (χ3n) is 4.46. The van der Waals surface area contributed by atoms with Gasteiger partial charge in [-0.15, -0.1) is 12.4 Å². The maximum Gasteiger partial charge on any atom is 0.240 e. The summed E-state index contributed by atoms with van der Waals surface area (Å²) in [6.07, 6.45) is 1.88. The van der Waals surface area contributed by atoms with Crippen LogP contribution in [0.5, 0.6) is 0 Å². The third-order valence-corrected chi connectivity index (χ3v) is 4.46. The van der Waals surface area contributed by atoms with E-state index in [1.807, 2.05) is 19.1 Å². The Morgan fingerprint density at radius 1 is 1.44 bits per heavy atom. The zero-order valence-electron chi connectivity index (χ0n) is 15.6.